The normalized spacial score (nSPS) is 11.2. The fourth-order valence-corrected chi connectivity index (χ4v) is 8.09. The molecule has 0 aliphatic carbocycles. The van der Waals surface area contributed by atoms with Gasteiger partial charge in [0.1, 0.15) is 6.07 Å². The van der Waals surface area contributed by atoms with Crippen molar-refractivity contribution < 1.29 is 0 Å². The maximum atomic E-state index is 9.57. The van der Waals surface area contributed by atoms with Crippen molar-refractivity contribution in [1.29, 1.82) is 10.5 Å². The van der Waals surface area contributed by atoms with E-state index in [1.807, 2.05) is 24.4 Å². The summed E-state index contributed by atoms with van der Waals surface area (Å²) in [5, 5.41) is 26.2. The molecule has 0 spiro atoms. The number of pyridine rings is 2. The first-order valence-corrected chi connectivity index (χ1v) is 18.1. The molecule has 0 fully saturated rings. The number of nitriles is 2. The number of para-hydroxylation sites is 1. The van der Waals surface area contributed by atoms with E-state index in [0.717, 1.165) is 72.1 Å². The molecular weight excluding hydrogens is 671 g/mol. The number of fused-ring (bicyclic) bond motifs is 7. The standard InChI is InChI=1S/C50H29N5/c51-28-32-20-21-54-46(23-32)37-13-9-12-36(25-37)45-27-48-50(43-19-7-5-17-41(43)45)49-42-18-6-4-16-40(42)44(26-47(49)55(48)39-14-2-1-3-15-39)35-11-8-10-34(24-35)38-22-33(29-52)30-53-31-38/h1-27,30-31H. The van der Waals surface area contributed by atoms with Crippen LogP contribution in [0.4, 0.5) is 0 Å². The second-order valence-corrected chi connectivity index (χ2v) is 13.7. The maximum Gasteiger partial charge on any atom is 0.101 e. The SMILES string of the molecule is N#Cc1cncc(-c2cccc(-c3cc4c(c5ccccc35)c3c5ccccc5c(-c5cccc(-c6cc(C#N)ccn6)c5)cc3n4-c3ccccc3)c2)c1. The molecule has 0 saturated heterocycles. The van der Waals surface area contributed by atoms with Crippen LogP contribution in [0.25, 0.3) is 93.7 Å². The topological polar surface area (TPSA) is 78.3 Å². The van der Waals surface area contributed by atoms with Gasteiger partial charge in [-0.05, 0) is 104 Å². The molecule has 7 aromatic carbocycles. The zero-order chi connectivity index (χ0) is 36.9. The fraction of sp³-hybridized carbons (Fsp3) is 0. The summed E-state index contributed by atoms with van der Waals surface area (Å²) in [4.78, 5) is 8.94. The predicted octanol–water partition coefficient (Wildman–Crippen LogP) is 12.3. The Morgan fingerprint density at radius 3 is 1.64 bits per heavy atom. The van der Waals surface area contributed by atoms with Crippen LogP contribution in [-0.4, -0.2) is 14.5 Å². The molecule has 0 bridgehead atoms. The molecule has 0 amide bonds. The van der Waals surface area contributed by atoms with Crippen LogP contribution in [0, 0.1) is 22.7 Å². The zero-order valence-electron chi connectivity index (χ0n) is 29.5. The minimum Gasteiger partial charge on any atom is -0.309 e. The van der Waals surface area contributed by atoms with Gasteiger partial charge in [0, 0.05) is 46.2 Å². The van der Waals surface area contributed by atoms with Crippen molar-refractivity contribution in [1.82, 2.24) is 14.5 Å². The highest BCUT2D eigenvalue weighted by molar-refractivity contribution is 6.31. The number of benzene rings is 7. The molecule has 0 radical (unpaired) electrons. The first kappa shape index (κ1) is 31.8. The van der Waals surface area contributed by atoms with Gasteiger partial charge in [-0.2, -0.15) is 10.5 Å². The van der Waals surface area contributed by atoms with E-state index in [-0.39, 0.29) is 0 Å². The van der Waals surface area contributed by atoms with Gasteiger partial charge >= 0.3 is 0 Å². The van der Waals surface area contributed by atoms with Crippen LogP contribution in [0.5, 0.6) is 0 Å². The van der Waals surface area contributed by atoms with E-state index in [4.69, 9.17) is 0 Å². The molecule has 55 heavy (non-hydrogen) atoms. The summed E-state index contributed by atoms with van der Waals surface area (Å²) in [5.41, 5.74) is 12.4. The van der Waals surface area contributed by atoms with Gasteiger partial charge in [-0.3, -0.25) is 9.97 Å². The number of hydrogen-bond donors (Lipinski definition) is 0. The van der Waals surface area contributed by atoms with Gasteiger partial charge < -0.3 is 4.57 Å². The molecule has 5 nitrogen and oxygen atoms in total. The Bertz CT molecular complexity index is 3040. The van der Waals surface area contributed by atoms with Crippen molar-refractivity contribution >= 4 is 43.4 Å². The lowest BCUT2D eigenvalue weighted by Gasteiger charge is -2.13. The largest absolute Gasteiger partial charge is 0.309 e. The zero-order valence-corrected chi connectivity index (χ0v) is 29.5. The van der Waals surface area contributed by atoms with Crippen molar-refractivity contribution in [2.24, 2.45) is 0 Å². The molecule has 0 atom stereocenters. The van der Waals surface area contributed by atoms with Gasteiger partial charge in [-0.25, -0.2) is 0 Å². The van der Waals surface area contributed by atoms with E-state index < -0.39 is 0 Å². The van der Waals surface area contributed by atoms with E-state index in [0.29, 0.717) is 11.1 Å². The second kappa shape index (κ2) is 13.0. The quantitative estimate of drug-likeness (QED) is 0.179. The van der Waals surface area contributed by atoms with E-state index in [9.17, 15) is 10.5 Å². The average Bonchev–Trinajstić information content (AvgIpc) is 3.61. The Morgan fingerprint density at radius 2 is 1.00 bits per heavy atom. The Labute approximate surface area is 317 Å². The third-order valence-corrected chi connectivity index (χ3v) is 10.5. The lowest BCUT2D eigenvalue weighted by molar-refractivity contribution is 1.18. The number of aromatic nitrogens is 3. The lowest BCUT2D eigenvalue weighted by atomic mass is 9.90. The molecular formula is C50H29N5. The lowest BCUT2D eigenvalue weighted by Crippen LogP contribution is -1.95. The van der Waals surface area contributed by atoms with Gasteiger partial charge in [0.15, 0.2) is 0 Å². The first-order chi connectivity index (χ1) is 27.2. The third kappa shape index (κ3) is 5.31. The summed E-state index contributed by atoms with van der Waals surface area (Å²) < 4.78 is 2.41. The Kier molecular flexibility index (Phi) is 7.51. The van der Waals surface area contributed by atoms with Crippen LogP contribution < -0.4 is 0 Å². The summed E-state index contributed by atoms with van der Waals surface area (Å²) in [5.74, 6) is 0. The summed E-state index contributed by atoms with van der Waals surface area (Å²) in [6, 6.07) is 59.6. The fourth-order valence-electron chi connectivity index (χ4n) is 8.09. The van der Waals surface area contributed by atoms with Crippen LogP contribution >= 0.6 is 0 Å². The summed E-state index contributed by atoms with van der Waals surface area (Å²) >= 11 is 0. The molecule has 3 aromatic heterocycles. The Balaban J connectivity index is 1.29. The molecule has 254 valence electrons. The summed E-state index contributed by atoms with van der Waals surface area (Å²) in [6.45, 7) is 0. The molecule has 0 aliphatic rings. The van der Waals surface area contributed by atoms with Crippen LogP contribution in [0.1, 0.15) is 11.1 Å². The molecule has 0 aliphatic heterocycles. The summed E-state index contributed by atoms with van der Waals surface area (Å²) in [6.07, 6.45) is 5.10. The molecule has 0 unspecified atom stereocenters. The predicted molar refractivity (Wildman–Crippen MR) is 223 cm³/mol. The monoisotopic (exact) mass is 699 g/mol. The highest BCUT2D eigenvalue weighted by Gasteiger charge is 2.22. The van der Waals surface area contributed by atoms with E-state index in [1.54, 1.807) is 18.5 Å². The van der Waals surface area contributed by atoms with Gasteiger partial charge in [0.05, 0.1) is 33.9 Å². The maximum absolute atomic E-state index is 9.57. The second-order valence-electron chi connectivity index (χ2n) is 13.7. The van der Waals surface area contributed by atoms with Crippen molar-refractivity contribution in [3.63, 3.8) is 0 Å². The Morgan fingerprint density at radius 1 is 0.436 bits per heavy atom. The molecule has 0 N–H and O–H groups in total. The molecule has 10 aromatic rings. The average molecular weight is 700 g/mol. The molecule has 3 heterocycles. The van der Waals surface area contributed by atoms with Gasteiger partial charge in [-0.1, -0.05) is 103 Å². The first-order valence-electron chi connectivity index (χ1n) is 18.1. The molecule has 5 heteroatoms. The van der Waals surface area contributed by atoms with E-state index in [2.05, 4.69) is 160 Å². The minimum atomic E-state index is 0.533. The van der Waals surface area contributed by atoms with Crippen LogP contribution in [0.2, 0.25) is 0 Å². The number of rotatable bonds is 5. The van der Waals surface area contributed by atoms with E-state index in [1.165, 1.54) is 21.5 Å². The molecule has 10 rings (SSSR count). The number of hydrogen-bond acceptors (Lipinski definition) is 4. The highest BCUT2D eigenvalue weighted by atomic mass is 15.0. The van der Waals surface area contributed by atoms with Crippen molar-refractivity contribution in [3.8, 4) is 62.5 Å². The smallest absolute Gasteiger partial charge is 0.101 e. The van der Waals surface area contributed by atoms with Crippen LogP contribution in [0.3, 0.4) is 0 Å². The van der Waals surface area contributed by atoms with Gasteiger partial charge in [0.25, 0.3) is 0 Å². The van der Waals surface area contributed by atoms with Crippen molar-refractivity contribution in [2.75, 3.05) is 0 Å². The minimum absolute atomic E-state index is 0.533. The van der Waals surface area contributed by atoms with Gasteiger partial charge in [0.2, 0.25) is 0 Å². The van der Waals surface area contributed by atoms with Gasteiger partial charge in [-0.15, -0.1) is 0 Å². The Hall–Kier alpha value is -7.86. The number of nitrogens with zero attached hydrogens (tertiary/aromatic N) is 5. The van der Waals surface area contributed by atoms with Crippen molar-refractivity contribution in [2.45, 2.75) is 0 Å². The summed E-state index contributed by atoms with van der Waals surface area (Å²) in [7, 11) is 0. The van der Waals surface area contributed by atoms with E-state index >= 15 is 0 Å². The third-order valence-electron chi connectivity index (χ3n) is 10.5. The molecule has 0 saturated carbocycles. The van der Waals surface area contributed by atoms with Crippen LogP contribution in [0.15, 0.2) is 176 Å². The highest BCUT2D eigenvalue weighted by Crippen LogP contribution is 2.46. The van der Waals surface area contributed by atoms with Crippen LogP contribution in [-0.2, 0) is 0 Å². The van der Waals surface area contributed by atoms with Crippen molar-refractivity contribution in [3.05, 3.63) is 187 Å².